The molecule has 78 valence electrons. The second-order valence-electron chi connectivity index (χ2n) is 3.10. The summed E-state index contributed by atoms with van der Waals surface area (Å²) < 4.78 is 1.81. The molecule has 2 rings (SSSR count). The Bertz CT molecular complexity index is 479. The van der Waals surface area contributed by atoms with Gasteiger partial charge < -0.3 is 9.67 Å². The van der Waals surface area contributed by atoms with Gasteiger partial charge in [-0.25, -0.2) is 0 Å². The van der Waals surface area contributed by atoms with Gasteiger partial charge in [-0.15, -0.1) is 0 Å². The number of aliphatic hydroxyl groups is 1. The van der Waals surface area contributed by atoms with E-state index in [1.807, 2.05) is 35.0 Å². The van der Waals surface area contributed by atoms with Crippen LogP contribution in [0.25, 0.3) is 5.69 Å². The third-order valence-corrected chi connectivity index (χ3v) is 2.99. The van der Waals surface area contributed by atoms with Crippen LogP contribution in [0.2, 0.25) is 10.0 Å². The number of aliphatic hydroxyl groups excluding tert-OH is 1. The van der Waals surface area contributed by atoms with Gasteiger partial charge in [0.2, 0.25) is 0 Å². The standard InChI is InChI=1S/C11H9Cl2NO/c12-9-4-1-5-10(11(9)13)14-6-2-3-8(14)7-15/h1-6,15H,7H2. The Morgan fingerprint density at radius 2 is 1.93 bits per heavy atom. The van der Waals surface area contributed by atoms with Crippen molar-refractivity contribution in [2.75, 3.05) is 0 Å². The van der Waals surface area contributed by atoms with Crippen LogP contribution in [-0.4, -0.2) is 9.67 Å². The van der Waals surface area contributed by atoms with Crippen LogP contribution < -0.4 is 0 Å². The second kappa shape index (κ2) is 4.27. The quantitative estimate of drug-likeness (QED) is 0.858. The summed E-state index contributed by atoms with van der Waals surface area (Å²) >= 11 is 12.0. The molecule has 2 nitrogen and oxygen atoms in total. The van der Waals surface area contributed by atoms with E-state index in [2.05, 4.69) is 0 Å². The molecule has 0 aliphatic rings. The number of hydrogen-bond donors (Lipinski definition) is 1. The molecule has 0 fully saturated rings. The molecule has 0 atom stereocenters. The molecule has 0 amide bonds. The number of halogens is 2. The lowest BCUT2D eigenvalue weighted by Gasteiger charge is -2.10. The lowest BCUT2D eigenvalue weighted by atomic mass is 10.3. The zero-order valence-electron chi connectivity index (χ0n) is 7.82. The minimum atomic E-state index is -0.0319. The number of aromatic nitrogens is 1. The molecule has 1 aromatic heterocycles. The molecular weight excluding hydrogens is 233 g/mol. The predicted octanol–water partition coefficient (Wildman–Crippen LogP) is 3.28. The Hall–Kier alpha value is -0.960. The van der Waals surface area contributed by atoms with Crippen LogP contribution in [0.1, 0.15) is 5.69 Å². The lowest BCUT2D eigenvalue weighted by Crippen LogP contribution is -1.99. The van der Waals surface area contributed by atoms with Gasteiger partial charge in [0.25, 0.3) is 0 Å². The van der Waals surface area contributed by atoms with Gasteiger partial charge in [-0.05, 0) is 24.3 Å². The summed E-state index contributed by atoms with van der Waals surface area (Å²) in [5.41, 5.74) is 1.55. The predicted molar refractivity (Wildman–Crippen MR) is 61.7 cm³/mol. The fourth-order valence-electron chi connectivity index (χ4n) is 1.46. The zero-order valence-corrected chi connectivity index (χ0v) is 9.33. The van der Waals surface area contributed by atoms with Crippen LogP contribution in [-0.2, 0) is 6.61 Å². The molecule has 0 radical (unpaired) electrons. The molecule has 0 unspecified atom stereocenters. The lowest BCUT2D eigenvalue weighted by molar-refractivity contribution is 0.274. The van der Waals surface area contributed by atoms with E-state index in [4.69, 9.17) is 28.3 Å². The van der Waals surface area contributed by atoms with Gasteiger partial charge >= 0.3 is 0 Å². The molecule has 0 saturated heterocycles. The Morgan fingerprint density at radius 1 is 1.13 bits per heavy atom. The van der Waals surface area contributed by atoms with Gasteiger partial charge in [0, 0.05) is 11.9 Å². The average molecular weight is 242 g/mol. The van der Waals surface area contributed by atoms with E-state index < -0.39 is 0 Å². The Morgan fingerprint density at radius 3 is 2.67 bits per heavy atom. The van der Waals surface area contributed by atoms with Crippen molar-refractivity contribution in [3.63, 3.8) is 0 Å². The maximum atomic E-state index is 9.13. The van der Waals surface area contributed by atoms with Crippen LogP contribution in [0.4, 0.5) is 0 Å². The molecule has 0 bridgehead atoms. The summed E-state index contributed by atoms with van der Waals surface area (Å²) in [6, 6.07) is 9.09. The molecule has 2 aromatic rings. The van der Waals surface area contributed by atoms with Crippen molar-refractivity contribution in [2.24, 2.45) is 0 Å². The van der Waals surface area contributed by atoms with Gasteiger partial charge in [-0.3, -0.25) is 0 Å². The van der Waals surface area contributed by atoms with Gasteiger partial charge in [-0.1, -0.05) is 29.3 Å². The number of rotatable bonds is 2. The molecule has 0 spiro atoms. The zero-order chi connectivity index (χ0) is 10.8. The number of nitrogens with zero attached hydrogens (tertiary/aromatic N) is 1. The smallest absolute Gasteiger partial charge is 0.0836 e. The summed E-state index contributed by atoms with van der Waals surface area (Å²) in [5.74, 6) is 0. The van der Waals surface area contributed by atoms with E-state index >= 15 is 0 Å². The molecule has 1 aromatic carbocycles. The third kappa shape index (κ3) is 1.88. The fourth-order valence-corrected chi connectivity index (χ4v) is 1.85. The highest BCUT2D eigenvalue weighted by molar-refractivity contribution is 6.43. The Balaban J connectivity index is 2.59. The molecule has 15 heavy (non-hydrogen) atoms. The van der Waals surface area contributed by atoms with Gasteiger partial charge in [0.1, 0.15) is 0 Å². The summed E-state index contributed by atoms with van der Waals surface area (Å²) in [7, 11) is 0. The van der Waals surface area contributed by atoms with E-state index in [0.717, 1.165) is 11.4 Å². The van der Waals surface area contributed by atoms with E-state index in [9.17, 15) is 0 Å². The summed E-state index contributed by atoms with van der Waals surface area (Å²) in [5, 5.41) is 10.1. The first-order valence-electron chi connectivity index (χ1n) is 4.45. The summed E-state index contributed by atoms with van der Waals surface area (Å²) in [4.78, 5) is 0. The molecule has 1 heterocycles. The summed E-state index contributed by atoms with van der Waals surface area (Å²) in [6.45, 7) is -0.0319. The largest absolute Gasteiger partial charge is 0.390 e. The van der Waals surface area contributed by atoms with E-state index in [-0.39, 0.29) is 6.61 Å². The topological polar surface area (TPSA) is 25.2 Å². The molecule has 0 aliphatic heterocycles. The fraction of sp³-hybridized carbons (Fsp3) is 0.0909. The highest BCUT2D eigenvalue weighted by atomic mass is 35.5. The van der Waals surface area contributed by atoms with Gasteiger partial charge in [0.15, 0.2) is 0 Å². The van der Waals surface area contributed by atoms with Crippen LogP contribution >= 0.6 is 23.2 Å². The van der Waals surface area contributed by atoms with Gasteiger partial charge in [0.05, 0.1) is 22.3 Å². The summed E-state index contributed by atoms with van der Waals surface area (Å²) in [6.07, 6.45) is 1.84. The minimum Gasteiger partial charge on any atom is -0.390 e. The molecule has 0 saturated carbocycles. The van der Waals surface area contributed by atoms with E-state index in [0.29, 0.717) is 10.0 Å². The Labute approximate surface area is 97.7 Å². The van der Waals surface area contributed by atoms with Crippen molar-refractivity contribution in [2.45, 2.75) is 6.61 Å². The van der Waals surface area contributed by atoms with Crippen LogP contribution in [0.15, 0.2) is 36.5 Å². The first-order chi connectivity index (χ1) is 7.24. The van der Waals surface area contributed by atoms with E-state index in [1.54, 1.807) is 6.07 Å². The molecular formula is C11H9Cl2NO. The Kier molecular flexibility index (Phi) is 3.00. The maximum absolute atomic E-state index is 9.13. The maximum Gasteiger partial charge on any atom is 0.0836 e. The van der Waals surface area contributed by atoms with Crippen LogP contribution in [0, 0.1) is 0 Å². The number of hydrogen-bond acceptors (Lipinski definition) is 1. The highest BCUT2D eigenvalue weighted by Gasteiger charge is 2.08. The molecule has 1 N–H and O–H groups in total. The van der Waals surface area contributed by atoms with Gasteiger partial charge in [-0.2, -0.15) is 0 Å². The third-order valence-electron chi connectivity index (χ3n) is 2.19. The molecule has 0 aliphatic carbocycles. The van der Waals surface area contributed by atoms with Crippen molar-refractivity contribution in [1.29, 1.82) is 0 Å². The van der Waals surface area contributed by atoms with Crippen molar-refractivity contribution in [1.82, 2.24) is 4.57 Å². The van der Waals surface area contributed by atoms with Crippen molar-refractivity contribution in [3.05, 3.63) is 52.3 Å². The molecule has 4 heteroatoms. The SMILES string of the molecule is OCc1cccn1-c1cccc(Cl)c1Cl. The first kappa shape index (κ1) is 10.6. The first-order valence-corrected chi connectivity index (χ1v) is 5.21. The van der Waals surface area contributed by atoms with E-state index in [1.165, 1.54) is 0 Å². The van der Waals surface area contributed by atoms with Crippen LogP contribution in [0.5, 0.6) is 0 Å². The van der Waals surface area contributed by atoms with Crippen molar-refractivity contribution < 1.29 is 5.11 Å². The van der Waals surface area contributed by atoms with Crippen LogP contribution in [0.3, 0.4) is 0 Å². The normalized spacial score (nSPS) is 10.6. The second-order valence-corrected chi connectivity index (χ2v) is 3.89. The monoisotopic (exact) mass is 241 g/mol. The van der Waals surface area contributed by atoms with Crippen molar-refractivity contribution >= 4 is 23.2 Å². The average Bonchev–Trinajstić information content (AvgIpc) is 2.70. The number of benzene rings is 1. The minimum absolute atomic E-state index is 0.0319. The highest BCUT2D eigenvalue weighted by Crippen LogP contribution is 2.29. The van der Waals surface area contributed by atoms with Crippen molar-refractivity contribution in [3.8, 4) is 5.69 Å².